The highest BCUT2D eigenvalue weighted by Gasteiger charge is 2.22. The lowest BCUT2D eigenvalue weighted by Gasteiger charge is -2.26. The number of ketones is 1. The van der Waals surface area contributed by atoms with Gasteiger partial charge in [-0.2, -0.15) is 5.10 Å². The number of nitrogens with one attached hydrogen (secondary N) is 1. The number of fused-ring (bicyclic) bond motifs is 1. The van der Waals surface area contributed by atoms with E-state index in [1.807, 2.05) is 30.3 Å². The number of rotatable bonds is 6. The van der Waals surface area contributed by atoms with Gasteiger partial charge in [0.05, 0.1) is 24.0 Å². The number of benzene rings is 3. The van der Waals surface area contributed by atoms with Gasteiger partial charge in [0.1, 0.15) is 6.61 Å². The fourth-order valence-electron chi connectivity index (χ4n) is 3.71. The lowest BCUT2D eigenvalue weighted by molar-refractivity contribution is 0.0759. The molecule has 0 aliphatic carbocycles. The number of carbonyl (C=O) groups is 2. The minimum absolute atomic E-state index is 0.201. The number of amides is 1. The van der Waals surface area contributed by atoms with Crippen LogP contribution in [0.3, 0.4) is 0 Å². The molecule has 1 aliphatic heterocycles. The molecule has 7 heteroatoms. The number of nitrogens with zero attached hydrogens (tertiary/aromatic N) is 2. The van der Waals surface area contributed by atoms with E-state index in [2.05, 4.69) is 10.4 Å². The fraction of sp³-hybridized carbons (Fsp3) is 0.115. The van der Waals surface area contributed by atoms with Gasteiger partial charge in [0.2, 0.25) is 0 Å². The van der Waals surface area contributed by atoms with Crippen molar-refractivity contribution in [2.24, 2.45) is 0 Å². The van der Waals surface area contributed by atoms with Gasteiger partial charge in [0, 0.05) is 17.3 Å². The fourth-order valence-corrected chi connectivity index (χ4v) is 3.71. The Balaban J connectivity index is 1.27. The molecule has 5 rings (SSSR count). The Hall–Kier alpha value is -4.39. The molecule has 0 radical (unpaired) electrons. The zero-order valence-electron chi connectivity index (χ0n) is 17.7. The van der Waals surface area contributed by atoms with E-state index in [9.17, 15) is 9.59 Å². The van der Waals surface area contributed by atoms with Crippen LogP contribution in [-0.2, 0) is 6.54 Å². The molecule has 1 aliphatic rings. The summed E-state index contributed by atoms with van der Waals surface area (Å²) in [6.45, 7) is 0.876. The number of ether oxygens (including phenoxy) is 2. The molecule has 0 saturated heterocycles. The third-order valence-corrected chi connectivity index (χ3v) is 5.30. The van der Waals surface area contributed by atoms with Crippen LogP contribution in [-0.4, -0.2) is 34.2 Å². The van der Waals surface area contributed by atoms with Crippen molar-refractivity contribution in [3.8, 4) is 11.5 Å². The number of hydrogen-bond donors (Lipinski definition) is 1. The molecule has 7 nitrogen and oxygen atoms in total. The van der Waals surface area contributed by atoms with E-state index in [1.54, 1.807) is 65.6 Å². The number of hydrogen-bond acceptors (Lipinski definition) is 5. The summed E-state index contributed by atoms with van der Waals surface area (Å²) in [5.74, 6) is 0.854. The summed E-state index contributed by atoms with van der Waals surface area (Å²) in [7, 11) is 0. The van der Waals surface area contributed by atoms with Crippen molar-refractivity contribution in [2.75, 3.05) is 11.9 Å². The van der Waals surface area contributed by atoms with Crippen molar-refractivity contribution >= 4 is 17.4 Å². The summed E-state index contributed by atoms with van der Waals surface area (Å²) in [6, 6.07) is 23.2. The van der Waals surface area contributed by atoms with E-state index >= 15 is 0 Å². The summed E-state index contributed by atoms with van der Waals surface area (Å²) < 4.78 is 13.4. The third-order valence-electron chi connectivity index (χ3n) is 5.30. The zero-order valence-corrected chi connectivity index (χ0v) is 17.7. The van der Waals surface area contributed by atoms with Crippen LogP contribution in [0.25, 0.3) is 0 Å². The lowest BCUT2D eigenvalue weighted by atomic mass is 9.98. The largest absolute Gasteiger partial charge is 0.486 e. The van der Waals surface area contributed by atoms with Gasteiger partial charge in [-0.1, -0.05) is 60.7 Å². The summed E-state index contributed by atoms with van der Waals surface area (Å²) in [4.78, 5) is 25.9. The van der Waals surface area contributed by atoms with Crippen LogP contribution in [0, 0.1) is 0 Å². The Labute approximate surface area is 190 Å². The zero-order chi connectivity index (χ0) is 22.6. The van der Waals surface area contributed by atoms with E-state index in [0.29, 0.717) is 41.3 Å². The van der Waals surface area contributed by atoms with Crippen LogP contribution < -0.4 is 14.8 Å². The Bertz CT molecular complexity index is 1300. The van der Waals surface area contributed by atoms with Crippen LogP contribution in [0.15, 0.2) is 91.3 Å². The second-order valence-electron chi connectivity index (χ2n) is 7.64. The highest BCUT2D eigenvalue weighted by atomic mass is 16.6. The molecule has 164 valence electrons. The highest BCUT2D eigenvalue weighted by molar-refractivity contribution is 6.17. The van der Waals surface area contributed by atoms with Crippen molar-refractivity contribution in [1.29, 1.82) is 0 Å². The van der Waals surface area contributed by atoms with Crippen LogP contribution in [0.1, 0.15) is 26.3 Å². The van der Waals surface area contributed by atoms with E-state index in [-0.39, 0.29) is 17.8 Å². The van der Waals surface area contributed by atoms with Gasteiger partial charge in [-0.3, -0.25) is 14.3 Å². The lowest BCUT2D eigenvalue weighted by Crippen LogP contribution is -2.33. The molecule has 1 N–H and O–H groups in total. The second kappa shape index (κ2) is 9.00. The summed E-state index contributed by atoms with van der Waals surface area (Å²) in [5, 5.41) is 7.15. The van der Waals surface area contributed by atoms with Crippen molar-refractivity contribution in [3.05, 3.63) is 108 Å². The van der Waals surface area contributed by atoms with Gasteiger partial charge in [0.25, 0.3) is 5.91 Å². The first kappa shape index (κ1) is 20.5. The molecule has 33 heavy (non-hydrogen) atoms. The maximum Gasteiger partial charge on any atom is 0.256 e. The summed E-state index contributed by atoms with van der Waals surface area (Å²) in [5.41, 5.74) is 1.71. The Kier molecular flexibility index (Phi) is 5.59. The first-order valence-corrected chi connectivity index (χ1v) is 10.6. The highest BCUT2D eigenvalue weighted by Crippen LogP contribution is 2.31. The third kappa shape index (κ3) is 4.48. The number of aromatic nitrogens is 2. The predicted octanol–water partition coefficient (Wildman–Crippen LogP) is 4.21. The molecule has 1 amide bonds. The predicted molar refractivity (Wildman–Crippen MR) is 123 cm³/mol. The molecule has 1 aromatic heterocycles. The minimum atomic E-state index is -0.374. The van der Waals surface area contributed by atoms with Crippen LogP contribution in [0.5, 0.6) is 11.5 Å². The van der Waals surface area contributed by atoms with E-state index < -0.39 is 0 Å². The number of para-hydroxylation sites is 2. The van der Waals surface area contributed by atoms with E-state index in [0.717, 1.165) is 5.75 Å². The Morgan fingerprint density at radius 1 is 0.909 bits per heavy atom. The van der Waals surface area contributed by atoms with Crippen LogP contribution in [0.2, 0.25) is 0 Å². The number of anilines is 1. The molecular formula is C26H21N3O4. The van der Waals surface area contributed by atoms with E-state index in [1.165, 1.54) is 0 Å². The van der Waals surface area contributed by atoms with Gasteiger partial charge in [-0.05, 0) is 18.2 Å². The normalized spacial score (nSPS) is 14.5. The molecule has 0 saturated carbocycles. The average molecular weight is 439 g/mol. The molecule has 0 bridgehead atoms. The van der Waals surface area contributed by atoms with Crippen LogP contribution >= 0.6 is 0 Å². The summed E-state index contributed by atoms with van der Waals surface area (Å²) in [6.07, 6.45) is 3.09. The molecule has 1 atom stereocenters. The molecule has 0 fully saturated rings. The number of carbonyl (C=O) groups excluding carboxylic acids is 2. The minimum Gasteiger partial charge on any atom is -0.486 e. The van der Waals surface area contributed by atoms with Crippen LogP contribution in [0.4, 0.5) is 5.69 Å². The van der Waals surface area contributed by atoms with Crippen molar-refractivity contribution in [2.45, 2.75) is 12.6 Å². The SMILES string of the molecule is O=C(Nc1cnn(CC2COc3ccccc3O2)c1)c1ccccc1C(=O)c1ccccc1. The van der Waals surface area contributed by atoms with E-state index in [4.69, 9.17) is 9.47 Å². The van der Waals surface area contributed by atoms with Gasteiger partial charge >= 0.3 is 0 Å². The Morgan fingerprint density at radius 2 is 1.61 bits per heavy atom. The molecule has 2 heterocycles. The molecule has 3 aromatic carbocycles. The van der Waals surface area contributed by atoms with Crippen molar-refractivity contribution in [3.63, 3.8) is 0 Å². The molecule has 0 spiro atoms. The monoisotopic (exact) mass is 439 g/mol. The van der Waals surface area contributed by atoms with Crippen molar-refractivity contribution in [1.82, 2.24) is 9.78 Å². The quantitative estimate of drug-likeness (QED) is 0.455. The summed E-state index contributed by atoms with van der Waals surface area (Å²) >= 11 is 0. The topological polar surface area (TPSA) is 82.5 Å². The van der Waals surface area contributed by atoms with Gasteiger partial charge < -0.3 is 14.8 Å². The molecule has 4 aromatic rings. The second-order valence-corrected chi connectivity index (χ2v) is 7.64. The first-order valence-electron chi connectivity index (χ1n) is 10.6. The van der Waals surface area contributed by atoms with Gasteiger partial charge in [-0.15, -0.1) is 0 Å². The van der Waals surface area contributed by atoms with Gasteiger partial charge in [-0.25, -0.2) is 0 Å². The Morgan fingerprint density at radius 3 is 2.42 bits per heavy atom. The molecule has 1 unspecified atom stereocenters. The van der Waals surface area contributed by atoms with Gasteiger partial charge in [0.15, 0.2) is 23.4 Å². The smallest absolute Gasteiger partial charge is 0.256 e. The standard InChI is InChI=1S/C26H21N3O4/c30-25(18-8-2-1-3-9-18)21-10-4-5-11-22(21)26(31)28-19-14-27-29(15-19)16-20-17-32-23-12-6-7-13-24(23)33-20/h1-15,20H,16-17H2,(H,28,31). The molecular weight excluding hydrogens is 418 g/mol. The average Bonchev–Trinajstić information content (AvgIpc) is 3.30. The first-order chi connectivity index (χ1) is 16.2. The maximum atomic E-state index is 13.0. The maximum absolute atomic E-state index is 13.0. The van der Waals surface area contributed by atoms with Crippen molar-refractivity contribution < 1.29 is 19.1 Å².